The summed E-state index contributed by atoms with van der Waals surface area (Å²) in [5, 5.41) is 15.9. The van der Waals surface area contributed by atoms with E-state index in [-0.39, 0.29) is 12.6 Å². The Balaban J connectivity index is 1.86. The number of hydrogen-bond acceptors (Lipinski definition) is 3. The van der Waals surface area contributed by atoms with Crippen LogP contribution >= 0.6 is 11.6 Å². The second-order valence-electron chi connectivity index (χ2n) is 5.09. The topological polar surface area (TPSA) is 70.6 Å². The van der Waals surface area contributed by atoms with Gasteiger partial charge in [0.25, 0.3) is 0 Å². The van der Waals surface area contributed by atoms with Crippen molar-refractivity contribution in [2.45, 2.75) is 31.3 Å². The molecule has 0 saturated heterocycles. The van der Waals surface area contributed by atoms with E-state index in [0.29, 0.717) is 16.5 Å². The Bertz CT molecular complexity index is 487. The molecule has 2 rings (SSSR count). The molecule has 3 N–H and O–H groups in total. The number of carbonyl (C=O) groups is 1. The fourth-order valence-corrected chi connectivity index (χ4v) is 2.63. The fraction of sp³-hybridized carbons (Fsp3) is 0.500. The quantitative estimate of drug-likeness (QED) is 0.800. The number of rotatable bonds is 4. The second kappa shape index (κ2) is 6.33. The van der Waals surface area contributed by atoms with E-state index in [4.69, 9.17) is 16.3 Å². The van der Waals surface area contributed by atoms with Crippen molar-refractivity contribution in [1.82, 2.24) is 5.32 Å². The van der Waals surface area contributed by atoms with Gasteiger partial charge in [-0.05, 0) is 31.0 Å². The zero-order chi connectivity index (χ0) is 14.6. The van der Waals surface area contributed by atoms with Crippen LogP contribution < -0.4 is 15.4 Å². The highest BCUT2D eigenvalue weighted by atomic mass is 35.5. The monoisotopic (exact) mass is 298 g/mol. The van der Waals surface area contributed by atoms with Crippen molar-refractivity contribution in [1.29, 1.82) is 0 Å². The summed E-state index contributed by atoms with van der Waals surface area (Å²) >= 11 is 5.98. The number of halogens is 1. The van der Waals surface area contributed by atoms with E-state index in [2.05, 4.69) is 10.6 Å². The van der Waals surface area contributed by atoms with Crippen LogP contribution in [0.2, 0.25) is 5.02 Å². The third-order valence-electron chi connectivity index (χ3n) is 3.52. The summed E-state index contributed by atoms with van der Waals surface area (Å²) in [5.74, 6) is 0.554. The minimum absolute atomic E-state index is 0.267. The molecule has 1 aromatic carbocycles. The summed E-state index contributed by atoms with van der Waals surface area (Å²) in [6.45, 7) is 0.267. The predicted molar refractivity (Wildman–Crippen MR) is 78.4 cm³/mol. The number of amides is 2. The van der Waals surface area contributed by atoms with Crippen molar-refractivity contribution >= 4 is 23.3 Å². The van der Waals surface area contributed by atoms with Crippen molar-refractivity contribution in [2.75, 3.05) is 19.0 Å². The summed E-state index contributed by atoms with van der Waals surface area (Å²) in [7, 11) is 1.53. The standard InChI is InChI=1S/C14H19ClN2O3/c1-20-12-5-4-10(8-11(12)15)17-13(18)16-9-14(19)6-2-3-7-14/h4-5,8,19H,2-3,6-7,9H2,1H3,(H2,16,17,18). The van der Waals surface area contributed by atoms with E-state index < -0.39 is 5.60 Å². The first-order valence-corrected chi connectivity index (χ1v) is 7.01. The molecule has 1 aromatic rings. The number of carbonyl (C=O) groups excluding carboxylic acids is 1. The van der Waals surface area contributed by atoms with Crippen molar-refractivity contribution in [2.24, 2.45) is 0 Å². The molecule has 0 atom stereocenters. The molecule has 0 aliphatic heterocycles. The average Bonchev–Trinajstić information content (AvgIpc) is 2.84. The largest absolute Gasteiger partial charge is 0.495 e. The molecule has 0 heterocycles. The van der Waals surface area contributed by atoms with Crippen LogP contribution in [-0.4, -0.2) is 30.4 Å². The van der Waals surface area contributed by atoms with Gasteiger partial charge in [-0.3, -0.25) is 0 Å². The first kappa shape index (κ1) is 14.9. The Hall–Kier alpha value is -1.46. The number of benzene rings is 1. The summed E-state index contributed by atoms with van der Waals surface area (Å²) in [5.41, 5.74) is -0.179. The zero-order valence-electron chi connectivity index (χ0n) is 11.4. The normalized spacial score (nSPS) is 16.8. The van der Waals surface area contributed by atoms with Crippen LogP contribution in [0.3, 0.4) is 0 Å². The molecule has 6 heteroatoms. The number of aliphatic hydroxyl groups is 1. The maximum absolute atomic E-state index is 11.8. The van der Waals surface area contributed by atoms with E-state index in [1.54, 1.807) is 18.2 Å². The van der Waals surface area contributed by atoms with Gasteiger partial charge in [0.15, 0.2) is 0 Å². The maximum Gasteiger partial charge on any atom is 0.319 e. The second-order valence-corrected chi connectivity index (χ2v) is 5.50. The average molecular weight is 299 g/mol. The minimum Gasteiger partial charge on any atom is -0.495 e. The first-order valence-electron chi connectivity index (χ1n) is 6.63. The number of hydrogen-bond donors (Lipinski definition) is 3. The molecular formula is C14H19ClN2O3. The number of anilines is 1. The number of urea groups is 1. The molecule has 1 aliphatic carbocycles. The van der Waals surface area contributed by atoms with E-state index in [1.807, 2.05) is 0 Å². The zero-order valence-corrected chi connectivity index (χ0v) is 12.2. The fourth-order valence-electron chi connectivity index (χ4n) is 2.37. The van der Waals surface area contributed by atoms with Gasteiger partial charge in [0.1, 0.15) is 5.75 Å². The first-order chi connectivity index (χ1) is 9.52. The van der Waals surface area contributed by atoms with Crippen molar-refractivity contribution in [3.05, 3.63) is 23.2 Å². The molecule has 5 nitrogen and oxygen atoms in total. The van der Waals surface area contributed by atoms with Gasteiger partial charge in [-0.25, -0.2) is 4.79 Å². The van der Waals surface area contributed by atoms with Crippen molar-refractivity contribution in [3.63, 3.8) is 0 Å². The molecule has 0 bridgehead atoms. The molecule has 0 unspecified atom stereocenters. The van der Waals surface area contributed by atoms with E-state index >= 15 is 0 Å². The van der Waals surface area contributed by atoms with Crippen LogP contribution in [0.25, 0.3) is 0 Å². The van der Waals surface area contributed by atoms with Gasteiger partial charge in [-0.1, -0.05) is 24.4 Å². The Kier molecular flexibility index (Phi) is 4.73. The highest BCUT2D eigenvalue weighted by molar-refractivity contribution is 6.32. The van der Waals surface area contributed by atoms with Gasteiger partial charge in [0.2, 0.25) is 0 Å². The van der Waals surface area contributed by atoms with Crippen molar-refractivity contribution < 1.29 is 14.6 Å². The summed E-state index contributed by atoms with van der Waals surface area (Å²) < 4.78 is 5.04. The van der Waals surface area contributed by atoms with Crippen LogP contribution in [-0.2, 0) is 0 Å². The number of methoxy groups -OCH3 is 1. The van der Waals surface area contributed by atoms with Gasteiger partial charge >= 0.3 is 6.03 Å². The highest BCUT2D eigenvalue weighted by Gasteiger charge is 2.31. The van der Waals surface area contributed by atoms with Crippen molar-refractivity contribution in [3.8, 4) is 5.75 Å². The van der Waals surface area contributed by atoms with Gasteiger partial charge in [0, 0.05) is 12.2 Å². The lowest BCUT2D eigenvalue weighted by Gasteiger charge is -2.22. The summed E-state index contributed by atoms with van der Waals surface area (Å²) in [6.07, 6.45) is 3.49. The third-order valence-corrected chi connectivity index (χ3v) is 3.82. The van der Waals surface area contributed by atoms with Crippen LogP contribution in [0, 0.1) is 0 Å². The van der Waals surface area contributed by atoms with Crippen LogP contribution in [0.4, 0.5) is 10.5 Å². The lowest BCUT2D eigenvalue weighted by Crippen LogP contribution is -2.42. The van der Waals surface area contributed by atoms with E-state index in [9.17, 15) is 9.90 Å². The molecule has 20 heavy (non-hydrogen) atoms. The van der Waals surface area contributed by atoms with E-state index in [0.717, 1.165) is 25.7 Å². The highest BCUT2D eigenvalue weighted by Crippen LogP contribution is 2.29. The molecule has 0 aromatic heterocycles. The molecule has 1 fully saturated rings. The Morgan fingerprint density at radius 1 is 1.45 bits per heavy atom. The summed E-state index contributed by atoms with van der Waals surface area (Å²) in [4.78, 5) is 11.8. The van der Waals surface area contributed by atoms with Gasteiger partial charge in [-0.15, -0.1) is 0 Å². The van der Waals surface area contributed by atoms with Gasteiger partial charge in [-0.2, -0.15) is 0 Å². The lowest BCUT2D eigenvalue weighted by molar-refractivity contribution is 0.0506. The molecule has 1 saturated carbocycles. The predicted octanol–water partition coefficient (Wildman–Crippen LogP) is 2.78. The SMILES string of the molecule is COc1ccc(NC(=O)NCC2(O)CCCC2)cc1Cl. The summed E-state index contributed by atoms with van der Waals surface area (Å²) in [6, 6.07) is 4.65. The lowest BCUT2D eigenvalue weighted by atomic mass is 10.0. The van der Waals surface area contributed by atoms with E-state index in [1.165, 1.54) is 7.11 Å². The van der Waals surface area contributed by atoms with Crippen LogP contribution in [0.1, 0.15) is 25.7 Å². The Labute approximate surface area is 123 Å². The third kappa shape index (κ3) is 3.77. The van der Waals surface area contributed by atoms with Gasteiger partial charge < -0.3 is 20.5 Å². The number of ether oxygens (including phenoxy) is 1. The van der Waals surface area contributed by atoms with Crippen LogP contribution in [0.15, 0.2) is 18.2 Å². The molecule has 0 spiro atoms. The molecular weight excluding hydrogens is 280 g/mol. The molecule has 2 amide bonds. The smallest absolute Gasteiger partial charge is 0.319 e. The van der Waals surface area contributed by atoms with Crippen LogP contribution in [0.5, 0.6) is 5.75 Å². The Morgan fingerprint density at radius 2 is 2.15 bits per heavy atom. The minimum atomic E-state index is -0.755. The molecule has 0 radical (unpaired) electrons. The molecule has 110 valence electrons. The molecule has 1 aliphatic rings. The Morgan fingerprint density at radius 3 is 2.75 bits per heavy atom. The van der Waals surface area contributed by atoms with Gasteiger partial charge in [0.05, 0.1) is 17.7 Å². The number of nitrogens with one attached hydrogen (secondary N) is 2. The maximum atomic E-state index is 11.8.